The average molecular weight is 517 g/mol. The summed E-state index contributed by atoms with van der Waals surface area (Å²) in [5.41, 5.74) is -5.88. The van der Waals surface area contributed by atoms with Gasteiger partial charge in [-0.2, -0.15) is 26.3 Å². The Morgan fingerprint density at radius 2 is 1.61 bits per heavy atom. The highest BCUT2D eigenvalue weighted by Crippen LogP contribution is 2.41. The first-order chi connectivity index (χ1) is 15.2. The van der Waals surface area contributed by atoms with Gasteiger partial charge in [-0.15, -0.1) is 0 Å². The number of benzene rings is 2. The maximum atomic E-state index is 13.7. The number of hydrogen-bond donors (Lipinski definition) is 3. The molecular weight excluding hydrogens is 497 g/mol. The van der Waals surface area contributed by atoms with Gasteiger partial charge in [0.1, 0.15) is 0 Å². The van der Waals surface area contributed by atoms with Crippen LogP contribution in [0, 0.1) is 0 Å². The molecule has 0 unspecified atom stereocenters. The molecule has 0 aliphatic heterocycles. The summed E-state index contributed by atoms with van der Waals surface area (Å²) < 4.78 is 81.8. The summed E-state index contributed by atoms with van der Waals surface area (Å²) in [6.07, 6.45) is -9.38. The van der Waals surface area contributed by atoms with Gasteiger partial charge in [0.25, 0.3) is 0 Å². The minimum Gasteiger partial charge on any atom is -0.381 e. The zero-order valence-corrected chi connectivity index (χ0v) is 18.7. The van der Waals surface area contributed by atoms with Gasteiger partial charge in [-0.05, 0) is 47.9 Å². The number of carbonyl (C=O) groups is 1. The third-order valence-electron chi connectivity index (χ3n) is 4.73. The molecule has 3 N–H and O–H groups in total. The highest BCUT2D eigenvalue weighted by molar-refractivity contribution is 6.34. The van der Waals surface area contributed by atoms with Crippen molar-refractivity contribution >= 4 is 34.8 Å². The molecule has 0 radical (unpaired) electrons. The number of rotatable bonds is 8. The second kappa shape index (κ2) is 10.4. The maximum absolute atomic E-state index is 13.7. The largest absolute Gasteiger partial charge is 0.423 e. The first-order valence-electron chi connectivity index (χ1n) is 9.63. The average Bonchev–Trinajstić information content (AvgIpc) is 2.68. The Morgan fingerprint density at radius 3 is 2.12 bits per heavy atom. The topological polar surface area (TPSA) is 61.4 Å². The predicted octanol–water partition coefficient (Wildman–Crippen LogP) is 6.29. The molecular formula is C21H20Cl2F6N2O2. The third-order valence-corrected chi connectivity index (χ3v) is 5.16. The number of anilines is 1. The smallest absolute Gasteiger partial charge is 0.381 e. The molecule has 2 aromatic rings. The fourth-order valence-electron chi connectivity index (χ4n) is 3.00. The molecule has 0 saturated heterocycles. The van der Waals surface area contributed by atoms with Crippen molar-refractivity contribution in [2.75, 3.05) is 11.9 Å². The molecule has 0 saturated carbocycles. The minimum absolute atomic E-state index is 0.143. The number of aliphatic hydroxyl groups is 1. The van der Waals surface area contributed by atoms with Crippen molar-refractivity contribution < 1.29 is 36.2 Å². The van der Waals surface area contributed by atoms with E-state index in [-0.39, 0.29) is 27.7 Å². The third kappa shape index (κ3) is 6.91. The summed E-state index contributed by atoms with van der Waals surface area (Å²) in [7, 11) is 0. The van der Waals surface area contributed by atoms with Crippen LogP contribution in [0.2, 0.25) is 10.0 Å². The van der Waals surface area contributed by atoms with Crippen molar-refractivity contribution in [3.05, 3.63) is 63.1 Å². The van der Waals surface area contributed by atoms with Crippen molar-refractivity contribution in [3.8, 4) is 0 Å². The van der Waals surface area contributed by atoms with Gasteiger partial charge in [-0.25, -0.2) is 0 Å². The number of halogens is 8. The van der Waals surface area contributed by atoms with Crippen LogP contribution < -0.4 is 10.6 Å². The fraction of sp³-hybridized carbons (Fsp3) is 0.381. The monoisotopic (exact) mass is 516 g/mol. The Balaban J connectivity index is 2.33. The summed E-state index contributed by atoms with van der Waals surface area (Å²) in [6.45, 7) is 0.124. The van der Waals surface area contributed by atoms with Gasteiger partial charge in [0, 0.05) is 28.7 Å². The summed E-state index contributed by atoms with van der Waals surface area (Å²) in [4.78, 5) is 11.6. The van der Waals surface area contributed by atoms with Crippen LogP contribution in [0.4, 0.5) is 32.0 Å². The number of amides is 1. The molecule has 0 heterocycles. The molecule has 0 bridgehead atoms. The van der Waals surface area contributed by atoms with Crippen LogP contribution in [0.3, 0.4) is 0 Å². The van der Waals surface area contributed by atoms with Gasteiger partial charge in [0.15, 0.2) is 0 Å². The molecule has 4 nitrogen and oxygen atoms in total. The highest BCUT2D eigenvalue weighted by Gasteiger charge is 2.55. The zero-order valence-electron chi connectivity index (χ0n) is 17.2. The van der Waals surface area contributed by atoms with E-state index in [0.29, 0.717) is 12.5 Å². The number of nitrogens with one attached hydrogen (secondary N) is 2. The number of alkyl halides is 6. The first kappa shape index (κ1) is 27.1. The molecule has 2 rings (SSSR count). The molecule has 0 aliphatic rings. The Labute approximate surface area is 195 Å². The van der Waals surface area contributed by atoms with Crippen LogP contribution >= 0.6 is 23.2 Å². The second-order valence-electron chi connectivity index (χ2n) is 7.27. The van der Waals surface area contributed by atoms with E-state index in [1.807, 2.05) is 0 Å². The Bertz CT molecular complexity index is 977. The highest BCUT2D eigenvalue weighted by atomic mass is 35.5. The molecule has 12 heteroatoms. The lowest BCUT2D eigenvalue weighted by Gasteiger charge is -2.32. The molecule has 1 amide bonds. The molecule has 33 heavy (non-hydrogen) atoms. The SMILES string of the molecule is CCCC(=O)NCc1ccc(NC[C@@](O)(c2cc(Cl)cc(Cl)c2)C(F)(F)F)cc1C(F)(F)F. The summed E-state index contributed by atoms with van der Waals surface area (Å²) in [5, 5.41) is 14.7. The first-order valence-corrected chi connectivity index (χ1v) is 10.4. The van der Waals surface area contributed by atoms with E-state index in [1.54, 1.807) is 6.92 Å². The number of hydrogen-bond acceptors (Lipinski definition) is 3. The lowest BCUT2D eigenvalue weighted by Crippen LogP contribution is -2.47. The lowest BCUT2D eigenvalue weighted by atomic mass is 9.92. The van der Waals surface area contributed by atoms with E-state index in [1.165, 1.54) is 6.07 Å². The van der Waals surface area contributed by atoms with E-state index in [2.05, 4.69) is 10.6 Å². The van der Waals surface area contributed by atoms with E-state index in [9.17, 15) is 36.2 Å². The Hall–Kier alpha value is -2.17. The molecule has 2 aromatic carbocycles. The van der Waals surface area contributed by atoms with Crippen molar-refractivity contribution in [1.82, 2.24) is 5.32 Å². The van der Waals surface area contributed by atoms with Crippen LogP contribution in [0.1, 0.15) is 36.5 Å². The minimum atomic E-state index is -5.20. The Kier molecular flexibility index (Phi) is 8.53. The van der Waals surface area contributed by atoms with Crippen LogP contribution in [0.15, 0.2) is 36.4 Å². The molecule has 182 valence electrons. The van der Waals surface area contributed by atoms with E-state index in [4.69, 9.17) is 23.2 Å². The lowest BCUT2D eigenvalue weighted by molar-refractivity contribution is -0.260. The van der Waals surface area contributed by atoms with Crippen LogP contribution in [-0.2, 0) is 23.1 Å². The van der Waals surface area contributed by atoms with Crippen molar-refractivity contribution in [2.24, 2.45) is 0 Å². The molecule has 1 atom stereocenters. The van der Waals surface area contributed by atoms with Gasteiger partial charge in [-0.1, -0.05) is 36.2 Å². The van der Waals surface area contributed by atoms with Gasteiger partial charge in [0.2, 0.25) is 11.5 Å². The van der Waals surface area contributed by atoms with E-state index < -0.39 is 48.1 Å². The summed E-state index contributed by atoms with van der Waals surface area (Å²) >= 11 is 11.5. The fourth-order valence-corrected chi connectivity index (χ4v) is 3.53. The van der Waals surface area contributed by atoms with Crippen molar-refractivity contribution in [2.45, 2.75) is 44.3 Å². The van der Waals surface area contributed by atoms with Gasteiger partial charge < -0.3 is 15.7 Å². The zero-order chi connectivity index (χ0) is 25.0. The van der Waals surface area contributed by atoms with Gasteiger partial charge in [0.05, 0.1) is 12.1 Å². The molecule has 0 fully saturated rings. The van der Waals surface area contributed by atoms with Crippen molar-refractivity contribution in [1.29, 1.82) is 0 Å². The second-order valence-corrected chi connectivity index (χ2v) is 8.14. The van der Waals surface area contributed by atoms with Crippen LogP contribution in [0.25, 0.3) is 0 Å². The molecule has 0 spiro atoms. The Morgan fingerprint density at radius 1 is 1.00 bits per heavy atom. The normalized spacial score (nSPS) is 14.0. The maximum Gasteiger partial charge on any atom is 0.423 e. The number of carbonyl (C=O) groups excluding carboxylic acids is 1. The van der Waals surface area contributed by atoms with E-state index >= 15 is 0 Å². The standard InChI is InChI=1S/C21H20Cl2F6N2O2/c1-2-3-18(32)30-10-12-4-5-16(9-17(12)20(24,25)26)31-11-19(33,21(27,28)29)13-6-14(22)8-15(23)7-13/h4-9,31,33H,2-3,10-11H2,1H3,(H,30,32)/t19-/m1/s1. The molecule has 0 aromatic heterocycles. The predicted molar refractivity (Wildman–Crippen MR) is 113 cm³/mol. The van der Waals surface area contributed by atoms with Gasteiger partial charge >= 0.3 is 12.4 Å². The van der Waals surface area contributed by atoms with E-state index in [0.717, 1.165) is 24.3 Å². The van der Waals surface area contributed by atoms with Crippen LogP contribution in [0.5, 0.6) is 0 Å². The quantitative estimate of drug-likeness (QED) is 0.361. The van der Waals surface area contributed by atoms with Gasteiger partial charge in [-0.3, -0.25) is 4.79 Å². The summed E-state index contributed by atoms with van der Waals surface area (Å²) in [5.74, 6) is -0.428. The van der Waals surface area contributed by atoms with Crippen LogP contribution in [-0.4, -0.2) is 23.7 Å². The molecule has 0 aliphatic carbocycles. The summed E-state index contributed by atoms with van der Waals surface area (Å²) in [6, 6.07) is 5.68. The van der Waals surface area contributed by atoms with Crippen molar-refractivity contribution in [3.63, 3.8) is 0 Å².